The van der Waals surface area contributed by atoms with Crippen molar-refractivity contribution in [1.82, 2.24) is 10.3 Å². The Morgan fingerprint density at radius 2 is 1.94 bits per heavy atom. The molecule has 5 rings (SSSR count). The van der Waals surface area contributed by atoms with Crippen LogP contribution in [0, 0.1) is 11.2 Å². The number of benzene rings is 1. The van der Waals surface area contributed by atoms with Crippen LogP contribution in [-0.4, -0.2) is 41.4 Å². The predicted octanol–water partition coefficient (Wildman–Crippen LogP) is 3.74. The molecule has 2 aromatic rings. The maximum Gasteiger partial charge on any atom is 0.338 e. The van der Waals surface area contributed by atoms with E-state index in [9.17, 15) is 18.8 Å². The van der Waals surface area contributed by atoms with Crippen LogP contribution < -0.4 is 10.1 Å². The van der Waals surface area contributed by atoms with E-state index in [1.807, 2.05) is 0 Å². The molecule has 0 saturated heterocycles. The van der Waals surface area contributed by atoms with Gasteiger partial charge in [-0.25, -0.2) is 9.18 Å². The lowest BCUT2D eigenvalue weighted by atomic mass is 9.38. The number of carbonyl (C=O) groups excluding carboxylic acids is 3. The summed E-state index contributed by atoms with van der Waals surface area (Å²) in [6.07, 6.45) is 3.83. The van der Waals surface area contributed by atoms with Crippen LogP contribution in [-0.2, 0) is 9.53 Å². The van der Waals surface area contributed by atoms with Gasteiger partial charge in [-0.05, 0) is 55.9 Å². The van der Waals surface area contributed by atoms with Crippen molar-refractivity contribution in [2.24, 2.45) is 5.41 Å². The number of hydrogen-bond acceptors (Lipinski definition) is 6. The monoisotopic (exact) mass is 460 g/mol. The summed E-state index contributed by atoms with van der Waals surface area (Å²) in [5, 5.41) is 2.94. The first kappa shape index (κ1) is 22.2. The fraction of sp³-hybridized carbons (Fsp3) is 0.391. The minimum absolute atomic E-state index is 0.0154. The summed E-state index contributed by atoms with van der Waals surface area (Å²) in [6.45, 7) is 1.73. The number of aromatic nitrogens is 1. The molecule has 7 nitrogen and oxygen atoms in total. The Morgan fingerprint density at radius 1 is 1.19 bits per heavy atom. The van der Waals surface area contributed by atoms with Crippen molar-refractivity contribution in [3.05, 3.63) is 58.6 Å². The van der Waals surface area contributed by atoms with Gasteiger partial charge in [0.1, 0.15) is 17.3 Å². The normalized spacial score (nSPS) is 22.8. The van der Waals surface area contributed by atoms with E-state index in [0.29, 0.717) is 31.2 Å². The second kappa shape index (κ2) is 8.50. The van der Waals surface area contributed by atoms with Crippen molar-refractivity contribution in [1.29, 1.82) is 0 Å². The van der Waals surface area contributed by atoms with Crippen LogP contribution in [0.3, 0.4) is 0 Å². The predicted molar refractivity (Wildman–Crippen MR) is 113 cm³/mol. The standard InChI is InChI=1S/C23H22ClFN2O5/c1-2-31-21(30)14-5-6-26-18(7-14)19(28)9-22-11-23(12-22,13-22)27-20(29)10-32-15-3-4-16(24)17(25)8-15/h3-8H,2,9-13H2,1H3,(H,27,29). The van der Waals surface area contributed by atoms with Crippen molar-refractivity contribution in [3.8, 4) is 5.75 Å². The Balaban J connectivity index is 1.25. The Hall–Kier alpha value is -3.00. The summed E-state index contributed by atoms with van der Waals surface area (Å²) >= 11 is 5.63. The molecular weight excluding hydrogens is 439 g/mol. The lowest BCUT2D eigenvalue weighted by molar-refractivity contribution is -0.164. The quantitative estimate of drug-likeness (QED) is 0.452. The summed E-state index contributed by atoms with van der Waals surface area (Å²) in [6, 6.07) is 6.96. The third kappa shape index (κ3) is 4.46. The van der Waals surface area contributed by atoms with E-state index in [4.69, 9.17) is 21.1 Å². The van der Waals surface area contributed by atoms with Crippen LogP contribution in [0.25, 0.3) is 0 Å². The number of nitrogens with zero attached hydrogens (tertiary/aromatic N) is 1. The maximum atomic E-state index is 13.4. The molecule has 0 aliphatic heterocycles. The third-order valence-electron chi connectivity index (χ3n) is 5.90. The van der Waals surface area contributed by atoms with E-state index in [1.54, 1.807) is 6.92 Å². The topological polar surface area (TPSA) is 94.6 Å². The first-order valence-corrected chi connectivity index (χ1v) is 10.7. The van der Waals surface area contributed by atoms with Crippen molar-refractivity contribution in [3.63, 3.8) is 0 Å². The molecule has 1 aromatic heterocycles. The highest BCUT2D eigenvalue weighted by molar-refractivity contribution is 6.30. The molecule has 168 valence electrons. The summed E-state index contributed by atoms with van der Waals surface area (Å²) in [7, 11) is 0. The zero-order chi connectivity index (χ0) is 22.9. The molecule has 0 unspecified atom stereocenters. The van der Waals surface area contributed by atoms with Crippen molar-refractivity contribution in [2.45, 2.75) is 38.1 Å². The number of carbonyl (C=O) groups is 3. The lowest BCUT2D eigenvalue weighted by Crippen LogP contribution is -2.75. The van der Waals surface area contributed by atoms with Crippen LogP contribution in [0.2, 0.25) is 5.02 Å². The van der Waals surface area contributed by atoms with E-state index in [2.05, 4.69) is 10.3 Å². The van der Waals surface area contributed by atoms with Gasteiger partial charge in [-0.15, -0.1) is 0 Å². The number of rotatable bonds is 9. The number of nitrogens with one attached hydrogen (secondary N) is 1. The zero-order valence-corrected chi connectivity index (χ0v) is 18.2. The zero-order valence-electron chi connectivity index (χ0n) is 17.5. The molecule has 3 aliphatic carbocycles. The van der Waals surface area contributed by atoms with Gasteiger partial charge in [0.15, 0.2) is 12.4 Å². The Labute approximate surface area is 189 Å². The van der Waals surface area contributed by atoms with Crippen LogP contribution >= 0.6 is 11.6 Å². The first-order valence-electron chi connectivity index (χ1n) is 10.3. The molecule has 0 atom stereocenters. The molecule has 3 aliphatic rings. The molecule has 0 radical (unpaired) electrons. The van der Waals surface area contributed by atoms with E-state index in [0.717, 1.165) is 6.07 Å². The lowest BCUT2D eigenvalue weighted by Gasteiger charge is -2.70. The van der Waals surface area contributed by atoms with Crippen molar-refractivity contribution < 1.29 is 28.2 Å². The number of ether oxygens (including phenoxy) is 2. The molecular formula is C23H22ClFN2O5. The molecule has 1 N–H and O–H groups in total. The highest BCUT2D eigenvalue weighted by atomic mass is 35.5. The largest absolute Gasteiger partial charge is 0.484 e. The number of hydrogen-bond donors (Lipinski definition) is 1. The van der Waals surface area contributed by atoms with Gasteiger partial charge in [0.2, 0.25) is 0 Å². The summed E-state index contributed by atoms with van der Waals surface area (Å²) in [5.74, 6) is -1.32. The van der Waals surface area contributed by atoms with Gasteiger partial charge in [-0.3, -0.25) is 14.6 Å². The van der Waals surface area contributed by atoms with E-state index in [-0.39, 0.29) is 52.3 Å². The number of ketones is 1. The SMILES string of the molecule is CCOC(=O)c1ccnc(C(=O)CC23CC(NC(=O)COc4ccc(Cl)c(F)c4)(C2)C3)c1. The third-order valence-corrected chi connectivity index (χ3v) is 6.20. The fourth-order valence-corrected chi connectivity index (χ4v) is 4.84. The van der Waals surface area contributed by atoms with Crippen LogP contribution in [0.4, 0.5) is 4.39 Å². The maximum absolute atomic E-state index is 13.4. The van der Waals surface area contributed by atoms with Gasteiger partial charge in [-0.1, -0.05) is 11.6 Å². The molecule has 32 heavy (non-hydrogen) atoms. The second-order valence-electron chi connectivity index (χ2n) is 8.47. The molecule has 1 aromatic carbocycles. The number of amides is 1. The van der Waals surface area contributed by atoms with E-state index >= 15 is 0 Å². The van der Waals surface area contributed by atoms with Crippen LogP contribution in [0.15, 0.2) is 36.5 Å². The molecule has 9 heteroatoms. The summed E-state index contributed by atoms with van der Waals surface area (Å²) in [4.78, 5) is 40.9. The Bertz CT molecular complexity index is 1070. The molecule has 3 saturated carbocycles. The number of Topliss-reactive ketones (excluding diaryl/α,β-unsaturated/α-hetero) is 1. The average molecular weight is 461 g/mol. The average Bonchev–Trinajstić information content (AvgIpc) is 2.72. The van der Waals surface area contributed by atoms with Gasteiger partial charge in [0, 0.05) is 24.2 Å². The molecule has 3 fully saturated rings. The van der Waals surface area contributed by atoms with Gasteiger partial charge in [-0.2, -0.15) is 0 Å². The number of esters is 1. The second-order valence-corrected chi connectivity index (χ2v) is 8.88. The van der Waals surface area contributed by atoms with Crippen LogP contribution in [0.1, 0.15) is 53.5 Å². The number of pyridine rings is 1. The molecule has 0 spiro atoms. The van der Waals surface area contributed by atoms with Gasteiger partial charge < -0.3 is 14.8 Å². The van der Waals surface area contributed by atoms with Crippen molar-refractivity contribution >= 4 is 29.3 Å². The highest BCUT2D eigenvalue weighted by Gasteiger charge is 2.68. The van der Waals surface area contributed by atoms with Gasteiger partial charge in [0.05, 0.1) is 17.2 Å². The number of halogens is 2. The fourth-order valence-electron chi connectivity index (χ4n) is 4.72. The van der Waals surface area contributed by atoms with Gasteiger partial charge in [0.25, 0.3) is 5.91 Å². The highest BCUT2D eigenvalue weighted by Crippen LogP contribution is 2.69. The minimum atomic E-state index is -0.613. The Morgan fingerprint density at radius 3 is 2.62 bits per heavy atom. The minimum Gasteiger partial charge on any atom is -0.484 e. The molecule has 1 amide bonds. The molecule has 1 heterocycles. The Kier molecular flexibility index (Phi) is 5.90. The first-order chi connectivity index (χ1) is 15.2. The van der Waals surface area contributed by atoms with E-state index in [1.165, 1.54) is 30.5 Å². The summed E-state index contributed by atoms with van der Waals surface area (Å²) in [5.41, 5.74) is 0.0762. The van der Waals surface area contributed by atoms with E-state index < -0.39 is 11.8 Å². The van der Waals surface area contributed by atoms with Gasteiger partial charge >= 0.3 is 5.97 Å². The summed E-state index contributed by atoms with van der Waals surface area (Å²) < 4.78 is 23.7. The molecule has 2 bridgehead atoms. The van der Waals surface area contributed by atoms with Crippen LogP contribution in [0.5, 0.6) is 5.75 Å². The van der Waals surface area contributed by atoms with Crippen molar-refractivity contribution in [2.75, 3.05) is 13.2 Å². The smallest absolute Gasteiger partial charge is 0.338 e.